The minimum Gasteiger partial charge on any atom is -0.478 e. The monoisotopic (exact) mass is 434 g/mol. The lowest BCUT2D eigenvalue weighted by atomic mass is 10.1. The number of aromatic nitrogens is 1. The number of ether oxygens (including phenoxy) is 1. The first-order valence-electron chi connectivity index (χ1n) is 10.5. The van der Waals surface area contributed by atoms with Gasteiger partial charge in [0.2, 0.25) is 5.91 Å². The van der Waals surface area contributed by atoms with Crippen LogP contribution in [0.1, 0.15) is 15.9 Å². The van der Waals surface area contributed by atoms with Gasteiger partial charge in [0.1, 0.15) is 12.4 Å². The molecule has 2 N–H and O–H groups in total. The summed E-state index contributed by atoms with van der Waals surface area (Å²) in [7, 11) is 1.44. The Labute approximate surface area is 186 Å². The molecule has 4 rings (SSSR count). The van der Waals surface area contributed by atoms with Gasteiger partial charge in [-0.25, -0.2) is 9.78 Å². The van der Waals surface area contributed by atoms with Crippen molar-refractivity contribution in [1.29, 1.82) is 0 Å². The molecule has 0 atom stereocenters. The molecule has 0 bridgehead atoms. The van der Waals surface area contributed by atoms with Crippen LogP contribution in [0.15, 0.2) is 48.5 Å². The van der Waals surface area contributed by atoms with Gasteiger partial charge in [-0.3, -0.25) is 4.79 Å². The molecule has 0 spiro atoms. The van der Waals surface area contributed by atoms with Crippen molar-refractivity contribution in [2.45, 2.75) is 6.92 Å². The summed E-state index contributed by atoms with van der Waals surface area (Å²) < 4.78 is 4.82. The molecular formula is C24H26N4O4. The quantitative estimate of drug-likeness (QED) is 0.615. The van der Waals surface area contributed by atoms with Crippen LogP contribution < -0.4 is 15.1 Å². The summed E-state index contributed by atoms with van der Waals surface area (Å²) in [4.78, 5) is 33.0. The Morgan fingerprint density at radius 1 is 1.06 bits per heavy atom. The number of carbonyl (C=O) groups is 2. The van der Waals surface area contributed by atoms with Crippen LogP contribution in [0.3, 0.4) is 0 Å². The Kier molecular flexibility index (Phi) is 6.23. The number of carbonyl (C=O) groups excluding carboxylic acids is 1. The van der Waals surface area contributed by atoms with E-state index in [0.717, 1.165) is 26.2 Å². The molecule has 8 nitrogen and oxygen atoms in total. The molecule has 2 aromatic carbocycles. The zero-order valence-corrected chi connectivity index (χ0v) is 18.2. The summed E-state index contributed by atoms with van der Waals surface area (Å²) in [5.74, 6) is -0.688. The van der Waals surface area contributed by atoms with Gasteiger partial charge < -0.3 is 25.0 Å². The maximum atomic E-state index is 12.0. The van der Waals surface area contributed by atoms with E-state index in [1.165, 1.54) is 18.4 Å². The standard InChI is InChI=1S/C24H26N4O4/c1-16-4-3-5-18(12-16)27-8-10-28(11-9-27)22-14-20(24(30)31)19-13-17(6-7-21(19)26-22)25-23(29)15-32-2/h3-7,12-14H,8-11,15H2,1-2H3,(H,25,29)(H,30,31). The molecule has 1 fully saturated rings. The number of rotatable bonds is 6. The number of pyridine rings is 1. The van der Waals surface area contributed by atoms with Crippen molar-refractivity contribution in [3.8, 4) is 0 Å². The van der Waals surface area contributed by atoms with Crippen LogP contribution in [-0.4, -0.2) is 61.9 Å². The van der Waals surface area contributed by atoms with E-state index >= 15 is 0 Å². The highest BCUT2D eigenvalue weighted by Crippen LogP contribution is 2.27. The van der Waals surface area contributed by atoms with Crippen molar-refractivity contribution < 1.29 is 19.4 Å². The predicted octanol–water partition coefficient (Wildman–Crippen LogP) is 3.15. The number of piperazine rings is 1. The number of carboxylic acids is 1. The Morgan fingerprint density at radius 2 is 1.81 bits per heavy atom. The van der Waals surface area contributed by atoms with Gasteiger partial charge in [0, 0.05) is 50.0 Å². The summed E-state index contributed by atoms with van der Waals surface area (Å²) in [5.41, 5.74) is 3.67. The first kappa shape index (κ1) is 21.6. The van der Waals surface area contributed by atoms with Crippen LogP contribution in [0.4, 0.5) is 17.2 Å². The van der Waals surface area contributed by atoms with Crippen LogP contribution in [0.25, 0.3) is 10.9 Å². The van der Waals surface area contributed by atoms with Crippen LogP contribution in [0.2, 0.25) is 0 Å². The molecule has 1 amide bonds. The normalized spacial score (nSPS) is 13.9. The van der Waals surface area contributed by atoms with E-state index in [9.17, 15) is 14.7 Å². The van der Waals surface area contributed by atoms with E-state index in [-0.39, 0.29) is 18.1 Å². The third-order valence-electron chi connectivity index (χ3n) is 5.56. The molecule has 32 heavy (non-hydrogen) atoms. The molecule has 1 aliphatic heterocycles. The highest BCUT2D eigenvalue weighted by Gasteiger charge is 2.21. The van der Waals surface area contributed by atoms with E-state index in [1.807, 2.05) is 0 Å². The van der Waals surface area contributed by atoms with Gasteiger partial charge >= 0.3 is 5.97 Å². The number of methoxy groups -OCH3 is 1. The Morgan fingerprint density at radius 3 is 2.50 bits per heavy atom. The maximum Gasteiger partial charge on any atom is 0.336 e. The van der Waals surface area contributed by atoms with Crippen LogP contribution in [-0.2, 0) is 9.53 Å². The van der Waals surface area contributed by atoms with E-state index in [4.69, 9.17) is 9.72 Å². The third kappa shape index (κ3) is 4.65. The molecule has 1 aliphatic rings. The number of fused-ring (bicyclic) bond motifs is 1. The van der Waals surface area contributed by atoms with Crippen molar-refractivity contribution in [3.63, 3.8) is 0 Å². The number of carboxylic acid groups (broad SMARTS) is 1. The summed E-state index contributed by atoms with van der Waals surface area (Å²) in [6, 6.07) is 15.1. The maximum absolute atomic E-state index is 12.0. The van der Waals surface area contributed by atoms with Gasteiger partial charge in [-0.15, -0.1) is 0 Å². The summed E-state index contributed by atoms with van der Waals surface area (Å²) in [6.07, 6.45) is 0. The van der Waals surface area contributed by atoms with Gasteiger partial charge in [-0.1, -0.05) is 12.1 Å². The van der Waals surface area contributed by atoms with Gasteiger partial charge in [0.15, 0.2) is 0 Å². The molecular weight excluding hydrogens is 408 g/mol. The molecule has 166 valence electrons. The number of nitrogens with zero attached hydrogens (tertiary/aromatic N) is 3. The highest BCUT2D eigenvalue weighted by atomic mass is 16.5. The fourth-order valence-electron chi connectivity index (χ4n) is 3.98. The fraction of sp³-hybridized carbons (Fsp3) is 0.292. The fourth-order valence-corrected chi connectivity index (χ4v) is 3.98. The van der Waals surface area contributed by atoms with Crippen molar-refractivity contribution in [2.75, 3.05) is 55.0 Å². The van der Waals surface area contributed by atoms with E-state index in [2.05, 4.69) is 46.3 Å². The molecule has 1 aromatic heterocycles. The van der Waals surface area contributed by atoms with Gasteiger partial charge in [-0.05, 0) is 48.9 Å². The lowest BCUT2D eigenvalue weighted by Crippen LogP contribution is -2.46. The SMILES string of the molecule is COCC(=O)Nc1ccc2nc(N3CCN(c4cccc(C)c4)CC3)cc(C(=O)O)c2c1. The van der Waals surface area contributed by atoms with Crippen LogP contribution in [0.5, 0.6) is 0 Å². The van der Waals surface area contributed by atoms with Gasteiger partial charge in [0.05, 0.1) is 11.1 Å². The van der Waals surface area contributed by atoms with E-state index in [0.29, 0.717) is 22.4 Å². The largest absolute Gasteiger partial charge is 0.478 e. The summed E-state index contributed by atoms with van der Waals surface area (Å²) in [6.45, 7) is 5.16. The number of nitrogens with one attached hydrogen (secondary N) is 1. The van der Waals surface area contributed by atoms with Crippen molar-refractivity contribution in [2.24, 2.45) is 0 Å². The highest BCUT2D eigenvalue weighted by molar-refractivity contribution is 6.05. The van der Waals surface area contributed by atoms with Crippen LogP contribution in [0, 0.1) is 6.92 Å². The number of hydrogen-bond donors (Lipinski definition) is 2. The third-order valence-corrected chi connectivity index (χ3v) is 5.56. The molecule has 0 aliphatic carbocycles. The lowest BCUT2D eigenvalue weighted by Gasteiger charge is -2.37. The summed E-state index contributed by atoms with van der Waals surface area (Å²) >= 11 is 0. The number of hydrogen-bond acceptors (Lipinski definition) is 6. The second kappa shape index (κ2) is 9.23. The number of anilines is 3. The molecule has 0 saturated carbocycles. The topological polar surface area (TPSA) is 95.0 Å². The second-order valence-electron chi connectivity index (χ2n) is 7.86. The smallest absolute Gasteiger partial charge is 0.336 e. The number of amides is 1. The first-order chi connectivity index (χ1) is 15.4. The second-order valence-corrected chi connectivity index (χ2v) is 7.86. The first-order valence-corrected chi connectivity index (χ1v) is 10.5. The molecule has 0 unspecified atom stereocenters. The molecule has 3 aromatic rings. The number of benzene rings is 2. The molecule has 1 saturated heterocycles. The number of aromatic carboxylic acids is 1. The lowest BCUT2D eigenvalue weighted by molar-refractivity contribution is -0.119. The molecule has 2 heterocycles. The molecule has 0 radical (unpaired) electrons. The molecule has 8 heteroatoms. The zero-order valence-electron chi connectivity index (χ0n) is 18.2. The van der Waals surface area contributed by atoms with Gasteiger partial charge in [-0.2, -0.15) is 0 Å². The van der Waals surface area contributed by atoms with Crippen molar-refractivity contribution in [3.05, 3.63) is 59.7 Å². The average molecular weight is 434 g/mol. The Bertz CT molecular complexity index is 1160. The average Bonchev–Trinajstić information content (AvgIpc) is 2.78. The van der Waals surface area contributed by atoms with Crippen molar-refractivity contribution >= 4 is 40.0 Å². The Balaban J connectivity index is 1.57. The minimum atomic E-state index is -1.03. The van der Waals surface area contributed by atoms with Crippen LogP contribution >= 0.6 is 0 Å². The van der Waals surface area contributed by atoms with Crippen molar-refractivity contribution in [1.82, 2.24) is 4.98 Å². The van der Waals surface area contributed by atoms with E-state index < -0.39 is 5.97 Å². The van der Waals surface area contributed by atoms with E-state index in [1.54, 1.807) is 24.3 Å². The summed E-state index contributed by atoms with van der Waals surface area (Å²) in [5, 5.41) is 13.0. The van der Waals surface area contributed by atoms with Gasteiger partial charge in [0.25, 0.3) is 0 Å². The Hall–Kier alpha value is -3.65. The number of aryl methyl sites for hydroxylation is 1. The predicted molar refractivity (Wildman–Crippen MR) is 125 cm³/mol. The zero-order chi connectivity index (χ0) is 22.7. The minimum absolute atomic E-state index is 0.0739.